The van der Waals surface area contributed by atoms with Crippen LogP contribution < -0.4 is 4.90 Å². The van der Waals surface area contributed by atoms with Gasteiger partial charge in [0.1, 0.15) is 16.5 Å². The van der Waals surface area contributed by atoms with Gasteiger partial charge in [-0.1, -0.05) is 6.07 Å². The number of aromatic nitrogens is 4. The lowest BCUT2D eigenvalue weighted by Gasteiger charge is -2.33. The number of nitrogens with zero attached hydrogens (tertiary/aromatic N) is 7. The molecule has 2 aliphatic rings. The highest BCUT2D eigenvalue weighted by molar-refractivity contribution is 7.89. The minimum Gasteiger partial charge on any atom is -0.357 e. The summed E-state index contributed by atoms with van der Waals surface area (Å²) in [4.78, 5) is 9.11. The van der Waals surface area contributed by atoms with E-state index in [0.717, 1.165) is 56.3 Å². The van der Waals surface area contributed by atoms with Crippen LogP contribution in [0.15, 0.2) is 47.6 Å². The molecule has 3 aromatic rings. The Labute approximate surface area is 182 Å². The van der Waals surface area contributed by atoms with Gasteiger partial charge in [-0.15, -0.1) is 10.2 Å². The lowest BCUT2D eigenvalue weighted by atomic mass is 9.96. The SMILES string of the molecule is CN1CCN(S(=O)(=O)c2ccc(N3CCC(c4nnc5ccccn45)CC3)nc2)CC1. The van der Waals surface area contributed by atoms with Crippen LogP contribution in [0.3, 0.4) is 0 Å². The van der Waals surface area contributed by atoms with Gasteiger partial charge in [-0.2, -0.15) is 4.31 Å². The summed E-state index contributed by atoms with van der Waals surface area (Å²) in [6.45, 7) is 4.24. The summed E-state index contributed by atoms with van der Waals surface area (Å²) >= 11 is 0. The molecule has 0 amide bonds. The molecule has 0 spiro atoms. The van der Waals surface area contributed by atoms with Gasteiger partial charge in [0.15, 0.2) is 5.65 Å². The third kappa shape index (κ3) is 3.90. The predicted octanol–water partition coefficient (Wildman–Crippen LogP) is 1.44. The highest BCUT2D eigenvalue weighted by Gasteiger charge is 2.29. The molecule has 10 heteroatoms. The van der Waals surface area contributed by atoms with E-state index < -0.39 is 10.0 Å². The molecule has 0 bridgehead atoms. The Kier molecular flexibility index (Phi) is 5.37. The zero-order chi connectivity index (χ0) is 21.4. The molecule has 2 aliphatic heterocycles. The number of hydrogen-bond donors (Lipinski definition) is 0. The number of fused-ring (bicyclic) bond motifs is 1. The van der Waals surface area contributed by atoms with Crippen molar-refractivity contribution >= 4 is 21.5 Å². The van der Waals surface area contributed by atoms with E-state index in [1.165, 1.54) is 6.20 Å². The molecule has 0 aromatic carbocycles. The maximum atomic E-state index is 12.9. The van der Waals surface area contributed by atoms with Crippen LogP contribution in [0.2, 0.25) is 0 Å². The summed E-state index contributed by atoms with van der Waals surface area (Å²) in [6.07, 6.45) is 5.43. The summed E-state index contributed by atoms with van der Waals surface area (Å²) in [7, 11) is -1.48. The summed E-state index contributed by atoms with van der Waals surface area (Å²) < 4.78 is 29.4. The second-order valence-electron chi connectivity index (χ2n) is 8.31. The fraction of sp³-hybridized carbons (Fsp3) is 0.476. The van der Waals surface area contributed by atoms with Gasteiger partial charge in [-0.05, 0) is 44.2 Å². The van der Waals surface area contributed by atoms with E-state index in [0.29, 0.717) is 19.0 Å². The van der Waals surface area contributed by atoms with Crippen LogP contribution in [0.5, 0.6) is 0 Å². The number of piperidine rings is 1. The molecule has 164 valence electrons. The van der Waals surface area contributed by atoms with Crippen LogP contribution in [0.25, 0.3) is 5.65 Å². The highest BCUT2D eigenvalue weighted by atomic mass is 32.2. The van der Waals surface area contributed by atoms with E-state index in [2.05, 4.69) is 29.4 Å². The summed E-state index contributed by atoms with van der Waals surface area (Å²) in [5, 5.41) is 8.68. The van der Waals surface area contributed by atoms with Gasteiger partial charge < -0.3 is 9.80 Å². The summed E-state index contributed by atoms with van der Waals surface area (Å²) in [5.41, 5.74) is 0.874. The van der Waals surface area contributed by atoms with E-state index in [1.807, 2.05) is 37.5 Å². The third-order valence-electron chi connectivity index (χ3n) is 6.34. The van der Waals surface area contributed by atoms with Crippen LogP contribution in [-0.4, -0.2) is 83.5 Å². The van der Waals surface area contributed by atoms with Crippen molar-refractivity contribution in [3.63, 3.8) is 0 Å². The summed E-state index contributed by atoms with van der Waals surface area (Å²) in [6, 6.07) is 9.45. The predicted molar refractivity (Wildman–Crippen MR) is 118 cm³/mol. The molecule has 9 nitrogen and oxygen atoms in total. The van der Waals surface area contributed by atoms with Gasteiger partial charge in [0, 0.05) is 57.6 Å². The topological polar surface area (TPSA) is 86.9 Å². The Balaban J connectivity index is 1.25. The molecular formula is C21H27N7O2S. The van der Waals surface area contributed by atoms with Crippen molar-refractivity contribution in [2.24, 2.45) is 0 Å². The Bertz CT molecular complexity index is 1150. The number of hydrogen-bond acceptors (Lipinski definition) is 7. The normalized spacial score (nSPS) is 19.8. The van der Waals surface area contributed by atoms with Gasteiger partial charge in [0.2, 0.25) is 10.0 Å². The Morgan fingerprint density at radius 1 is 0.935 bits per heavy atom. The first-order valence-corrected chi connectivity index (χ1v) is 12.2. The van der Waals surface area contributed by atoms with Gasteiger partial charge in [-0.3, -0.25) is 4.40 Å². The first-order valence-electron chi connectivity index (χ1n) is 10.7. The molecule has 5 heterocycles. The third-order valence-corrected chi connectivity index (χ3v) is 8.23. The minimum atomic E-state index is -3.48. The van der Waals surface area contributed by atoms with Crippen LogP contribution in [-0.2, 0) is 10.0 Å². The summed E-state index contributed by atoms with van der Waals surface area (Å²) in [5.74, 6) is 2.18. The van der Waals surface area contributed by atoms with E-state index in [4.69, 9.17) is 0 Å². The van der Waals surface area contributed by atoms with Gasteiger partial charge in [-0.25, -0.2) is 13.4 Å². The standard InChI is InChI=1S/C21H27N7O2S/c1-25-12-14-27(15-13-25)31(29,30)18-5-6-19(22-16-18)26-10-7-17(8-11-26)21-24-23-20-4-2-3-9-28(20)21/h2-6,9,16-17H,7-8,10-15H2,1H3. The van der Waals surface area contributed by atoms with Gasteiger partial charge in [0.05, 0.1) is 0 Å². The zero-order valence-corrected chi connectivity index (χ0v) is 18.4. The molecule has 2 fully saturated rings. The molecule has 0 radical (unpaired) electrons. The lowest BCUT2D eigenvalue weighted by Crippen LogP contribution is -2.47. The largest absolute Gasteiger partial charge is 0.357 e. The molecule has 2 saturated heterocycles. The number of pyridine rings is 2. The fourth-order valence-electron chi connectivity index (χ4n) is 4.39. The van der Waals surface area contributed by atoms with E-state index in [1.54, 1.807) is 10.4 Å². The van der Waals surface area contributed by atoms with Gasteiger partial charge in [0.25, 0.3) is 0 Å². The number of likely N-dealkylation sites (N-methyl/N-ethyl adjacent to an activating group) is 1. The van der Waals surface area contributed by atoms with E-state index in [-0.39, 0.29) is 4.90 Å². The second-order valence-corrected chi connectivity index (χ2v) is 10.2. The van der Waals surface area contributed by atoms with Crippen molar-refractivity contribution in [1.29, 1.82) is 0 Å². The Hall–Kier alpha value is -2.56. The molecule has 31 heavy (non-hydrogen) atoms. The molecular weight excluding hydrogens is 414 g/mol. The van der Waals surface area contributed by atoms with Crippen molar-refractivity contribution in [2.45, 2.75) is 23.7 Å². The van der Waals surface area contributed by atoms with E-state index >= 15 is 0 Å². The van der Waals surface area contributed by atoms with Crippen molar-refractivity contribution in [2.75, 3.05) is 51.2 Å². The first-order chi connectivity index (χ1) is 15.0. The van der Waals surface area contributed by atoms with Crippen LogP contribution >= 0.6 is 0 Å². The molecule has 0 atom stereocenters. The number of sulfonamides is 1. The Morgan fingerprint density at radius 2 is 1.71 bits per heavy atom. The maximum Gasteiger partial charge on any atom is 0.244 e. The first kappa shape index (κ1) is 20.3. The average molecular weight is 442 g/mol. The fourth-order valence-corrected chi connectivity index (χ4v) is 5.76. The quantitative estimate of drug-likeness (QED) is 0.606. The minimum absolute atomic E-state index is 0.269. The molecule has 0 N–H and O–H groups in total. The highest BCUT2D eigenvalue weighted by Crippen LogP contribution is 2.29. The van der Waals surface area contributed by atoms with Crippen LogP contribution in [0, 0.1) is 0 Å². The lowest BCUT2D eigenvalue weighted by molar-refractivity contribution is 0.222. The van der Waals surface area contributed by atoms with Crippen LogP contribution in [0.4, 0.5) is 5.82 Å². The van der Waals surface area contributed by atoms with Crippen molar-refractivity contribution in [1.82, 2.24) is 28.8 Å². The van der Waals surface area contributed by atoms with Crippen molar-refractivity contribution < 1.29 is 8.42 Å². The van der Waals surface area contributed by atoms with E-state index in [9.17, 15) is 8.42 Å². The molecule has 0 unspecified atom stereocenters. The second kappa shape index (κ2) is 8.18. The van der Waals surface area contributed by atoms with Crippen molar-refractivity contribution in [3.05, 3.63) is 48.5 Å². The number of anilines is 1. The molecule has 3 aromatic heterocycles. The smallest absolute Gasteiger partial charge is 0.244 e. The van der Waals surface area contributed by atoms with Crippen LogP contribution in [0.1, 0.15) is 24.6 Å². The maximum absolute atomic E-state index is 12.9. The monoisotopic (exact) mass is 441 g/mol. The number of rotatable bonds is 4. The average Bonchev–Trinajstić information content (AvgIpc) is 3.24. The van der Waals surface area contributed by atoms with Gasteiger partial charge >= 0.3 is 0 Å². The van der Waals surface area contributed by atoms with Crippen molar-refractivity contribution in [3.8, 4) is 0 Å². The Morgan fingerprint density at radius 3 is 2.42 bits per heavy atom. The molecule has 0 saturated carbocycles. The zero-order valence-electron chi connectivity index (χ0n) is 17.6. The molecule has 5 rings (SSSR count). The number of piperazine rings is 1. The molecule has 0 aliphatic carbocycles.